The van der Waals surface area contributed by atoms with Crippen molar-refractivity contribution in [2.24, 2.45) is 0 Å². The van der Waals surface area contributed by atoms with E-state index in [0.717, 1.165) is 0 Å². The molecule has 0 bridgehead atoms. The molecule has 270 valence electrons. The van der Waals surface area contributed by atoms with Gasteiger partial charge >= 0.3 is 6.85 Å². The molecule has 0 spiro atoms. The van der Waals surface area contributed by atoms with Crippen molar-refractivity contribution in [1.82, 2.24) is 4.48 Å². The average Bonchev–Trinajstić information content (AvgIpc) is 3.77. The molecule has 0 fully saturated rings. The third kappa shape index (κ3) is 4.66. The quantitative estimate of drug-likeness (QED) is 0.155. The summed E-state index contributed by atoms with van der Waals surface area (Å²) < 4.78 is 2.75. The molecular weight excluding hydrogens is 697 g/mol. The van der Waals surface area contributed by atoms with Gasteiger partial charge in [0.05, 0.1) is 0 Å². The summed E-state index contributed by atoms with van der Waals surface area (Å²) in [5, 5.41) is 2.51. The Morgan fingerprint density at radius 1 is 0.345 bits per heavy atom. The smallest absolute Gasteiger partial charge is 0.328 e. The molecule has 1 atom stereocenters. The lowest BCUT2D eigenvalue weighted by Gasteiger charge is -2.39. The maximum atomic E-state index is 2.75. The zero-order valence-corrected chi connectivity index (χ0v) is 32.2. The number of benzene rings is 9. The molecule has 1 aromatic heterocycles. The predicted octanol–water partition coefficient (Wildman–Crippen LogP) is 12.8. The molecule has 2 heterocycles. The van der Waals surface area contributed by atoms with Gasteiger partial charge in [0.25, 0.3) is 0 Å². The number of hydrogen-bond donors (Lipinski definition) is 0. The topological polar surface area (TPSA) is 4.93 Å². The lowest BCUT2D eigenvalue weighted by molar-refractivity contribution is 0.718. The summed E-state index contributed by atoms with van der Waals surface area (Å²) in [7, 11) is 0. The second kappa shape index (κ2) is 12.7. The molecule has 0 saturated heterocycles. The lowest BCUT2D eigenvalue weighted by atomic mass is 9.41. The van der Waals surface area contributed by atoms with E-state index in [-0.39, 0.29) is 12.3 Å². The van der Waals surface area contributed by atoms with Gasteiger partial charge in [-0.15, -0.1) is 0 Å². The van der Waals surface area contributed by atoms with E-state index in [4.69, 9.17) is 0 Å². The fourth-order valence-corrected chi connectivity index (χ4v) is 10.6. The van der Waals surface area contributed by atoms with Crippen LogP contribution in [-0.4, -0.2) is 11.3 Å². The molecule has 58 heavy (non-hydrogen) atoms. The molecule has 1 aliphatic heterocycles. The highest BCUT2D eigenvalue weighted by Crippen LogP contribution is 2.53. The molecule has 0 saturated carbocycles. The number of hydrogen-bond acceptors (Lipinski definition) is 0. The second-order valence-electron chi connectivity index (χ2n) is 16.1. The Morgan fingerprint density at radius 3 is 1.33 bits per heavy atom. The van der Waals surface area contributed by atoms with Crippen LogP contribution >= 0.6 is 0 Å². The summed E-state index contributed by atoms with van der Waals surface area (Å²) in [6, 6.07) is 79.1. The Morgan fingerprint density at radius 2 is 0.776 bits per heavy atom. The van der Waals surface area contributed by atoms with Gasteiger partial charge in [-0.05, 0) is 103 Å². The Hall–Kier alpha value is -7.16. The molecule has 0 N–H and O–H groups in total. The average molecular weight is 736 g/mol. The van der Waals surface area contributed by atoms with E-state index in [0.29, 0.717) is 0 Å². The minimum absolute atomic E-state index is 0.0939. The van der Waals surface area contributed by atoms with Gasteiger partial charge in [-0.2, -0.15) is 0 Å². The summed E-state index contributed by atoms with van der Waals surface area (Å²) in [4.78, 5) is 0. The van der Waals surface area contributed by atoms with Gasteiger partial charge in [0.1, 0.15) is 0 Å². The first-order valence-electron chi connectivity index (χ1n) is 20.4. The third-order valence-corrected chi connectivity index (χ3v) is 13.1. The minimum atomic E-state index is -0.278. The van der Waals surface area contributed by atoms with Crippen molar-refractivity contribution < 1.29 is 0 Å². The van der Waals surface area contributed by atoms with Crippen LogP contribution in [0.4, 0.5) is 0 Å². The van der Waals surface area contributed by atoms with E-state index in [1.165, 1.54) is 105 Å². The SMILES string of the molecule is CC12c3ccccc3B(n3c4c(-c5ccccc5)cc(-c5ccccc5)cc4c4cc(-c5ccccc5)cc(-c5ccccc5)c43)c3cccc(c31)-c1ccccc12. The summed E-state index contributed by atoms with van der Waals surface area (Å²) in [6.07, 6.45) is 0. The van der Waals surface area contributed by atoms with Gasteiger partial charge in [-0.25, -0.2) is 0 Å². The molecule has 0 amide bonds. The van der Waals surface area contributed by atoms with Gasteiger partial charge < -0.3 is 4.48 Å². The van der Waals surface area contributed by atoms with Gasteiger partial charge in [-0.1, -0.05) is 188 Å². The molecule has 9 aromatic carbocycles. The van der Waals surface area contributed by atoms with Gasteiger partial charge in [-0.3, -0.25) is 0 Å². The molecule has 2 heteroatoms. The van der Waals surface area contributed by atoms with Crippen molar-refractivity contribution in [2.75, 3.05) is 0 Å². The van der Waals surface area contributed by atoms with Crippen molar-refractivity contribution in [3.05, 3.63) is 229 Å². The molecule has 12 rings (SSSR count). The standard InChI is InChI=1S/C56H38BN/c1-56-49-29-15-14-27-43(49)44-28-18-32-52(53(44)56)57(51-31-17-16-30-50(51)56)58-54-45(39-23-10-4-11-24-39)33-41(37-19-6-2-7-20-37)35-47(54)48-36-42(38-21-8-3-9-22-38)34-46(55(48)58)40-25-12-5-13-26-40/h2-36H,1H3. The predicted molar refractivity (Wildman–Crippen MR) is 245 cm³/mol. The Kier molecular flexibility index (Phi) is 7.22. The zero-order chi connectivity index (χ0) is 38.4. The van der Waals surface area contributed by atoms with Gasteiger partial charge in [0.2, 0.25) is 0 Å². The van der Waals surface area contributed by atoms with Crippen LogP contribution in [0.25, 0.3) is 77.4 Å². The first-order chi connectivity index (χ1) is 28.7. The molecule has 10 aromatic rings. The van der Waals surface area contributed by atoms with Crippen molar-refractivity contribution in [2.45, 2.75) is 12.3 Å². The zero-order valence-electron chi connectivity index (χ0n) is 32.2. The summed E-state index contributed by atoms with van der Waals surface area (Å²) >= 11 is 0. The van der Waals surface area contributed by atoms with Crippen LogP contribution in [-0.2, 0) is 5.41 Å². The van der Waals surface area contributed by atoms with Crippen molar-refractivity contribution >= 4 is 39.6 Å². The largest absolute Gasteiger partial charge is 0.375 e. The first kappa shape index (κ1) is 33.0. The van der Waals surface area contributed by atoms with Gasteiger partial charge in [0, 0.05) is 38.3 Å². The van der Waals surface area contributed by atoms with Crippen molar-refractivity contribution in [1.29, 1.82) is 0 Å². The van der Waals surface area contributed by atoms with E-state index in [1.54, 1.807) is 0 Å². The Bertz CT molecular complexity index is 3080. The molecule has 1 nitrogen and oxygen atoms in total. The Labute approximate surface area is 339 Å². The van der Waals surface area contributed by atoms with Crippen molar-refractivity contribution in [3.8, 4) is 55.6 Å². The highest BCUT2D eigenvalue weighted by Gasteiger charge is 2.50. The minimum Gasteiger partial charge on any atom is -0.375 e. The van der Waals surface area contributed by atoms with Crippen molar-refractivity contribution in [3.63, 3.8) is 0 Å². The summed E-state index contributed by atoms with van der Waals surface area (Å²) in [5.74, 6) is 0. The summed E-state index contributed by atoms with van der Waals surface area (Å²) in [5.41, 5.74) is 21.5. The Balaban J connectivity index is 1.31. The van der Waals surface area contributed by atoms with Crippen LogP contribution < -0.4 is 10.9 Å². The van der Waals surface area contributed by atoms with E-state index < -0.39 is 0 Å². The molecule has 2 aliphatic rings. The van der Waals surface area contributed by atoms with Crippen LogP contribution in [0, 0.1) is 0 Å². The molecule has 0 radical (unpaired) electrons. The maximum Gasteiger partial charge on any atom is 0.328 e. The third-order valence-electron chi connectivity index (χ3n) is 13.1. The van der Waals surface area contributed by atoms with E-state index in [1.807, 2.05) is 0 Å². The fraction of sp³-hybridized carbons (Fsp3) is 0.0357. The van der Waals surface area contributed by atoms with E-state index >= 15 is 0 Å². The van der Waals surface area contributed by atoms with E-state index in [9.17, 15) is 0 Å². The van der Waals surface area contributed by atoms with Crippen LogP contribution in [0.3, 0.4) is 0 Å². The number of fused-ring (bicyclic) bond motifs is 8. The monoisotopic (exact) mass is 735 g/mol. The van der Waals surface area contributed by atoms with Crippen LogP contribution in [0.5, 0.6) is 0 Å². The van der Waals surface area contributed by atoms with Crippen LogP contribution in [0.2, 0.25) is 0 Å². The lowest BCUT2D eigenvalue weighted by Crippen LogP contribution is -2.58. The highest BCUT2D eigenvalue weighted by molar-refractivity contribution is 6.87. The normalized spacial score (nSPS) is 15.0. The van der Waals surface area contributed by atoms with Crippen LogP contribution in [0.1, 0.15) is 23.6 Å². The van der Waals surface area contributed by atoms with Gasteiger partial charge in [0.15, 0.2) is 0 Å². The maximum absolute atomic E-state index is 2.75. The number of rotatable bonds is 5. The fourth-order valence-electron chi connectivity index (χ4n) is 10.6. The second-order valence-corrected chi connectivity index (χ2v) is 16.1. The highest BCUT2D eigenvalue weighted by atomic mass is 14.9. The molecule has 1 unspecified atom stereocenters. The van der Waals surface area contributed by atoms with Crippen LogP contribution in [0.15, 0.2) is 212 Å². The number of nitrogens with zero attached hydrogens (tertiary/aromatic N) is 1. The summed E-state index contributed by atoms with van der Waals surface area (Å²) in [6.45, 7) is 2.37. The number of aromatic nitrogens is 1. The van der Waals surface area contributed by atoms with E-state index in [2.05, 4.69) is 224 Å². The molecule has 1 aliphatic carbocycles. The molecular formula is C56H38BN. The first-order valence-corrected chi connectivity index (χ1v) is 20.4.